The fourth-order valence-electron chi connectivity index (χ4n) is 2.48. The van der Waals surface area contributed by atoms with Gasteiger partial charge in [-0.15, -0.1) is 0 Å². The van der Waals surface area contributed by atoms with E-state index in [2.05, 4.69) is 49.7 Å². The van der Waals surface area contributed by atoms with Crippen molar-refractivity contribution in [3.63, 3.8) is 0 Å². The van der Waals surface area contributed by atoms with E-state index in [0.29, 0.717) is 11.9 Å². The van der Waals surface area contributed by atoms with Crippen molar-refractivity contribution < 1.29 is 0 Å². The van der Waals surface area contributed by atoms with Crippen LogP contribution in [0.4, 0.5) is 11.6 Å². The zero-order valence-corrected chi connectivity index (χ0v) is 13.8. The molecule has 1 aromatic rings. The molecule has 0 radical (unpaired) electrons. The first kappa shape index (κ1) is 16.7. The molecule has 0 aliphatic heterocycles. The van der Waals surface area contributed by atoms with Gasteiger partial charge in [-0.25, -0.2) is 9.97 Å². The van der Waals surface area contributed by atoms with Crippen molar-refractivity contribution in [2.24, 2.45) is 0 Å². The summed E-state index contributed by atoms with van der Waals surface area (Å²) in [6.07, 6.45) is 1.90. The van der Waals surface area contributed by atoms with E-state index in [1.165, 1.54) is 0 Å². The number of nitrogen functional groups attached to an aromatic ring is 1. The lowest BCUT2D eigenvalue weighted by Crippen LogP contribution is -2.41. The molecule has 0 saturated heterocycles. The molecule has 114 valence electrons. The van der Waals surface area contributed by atoms with Crippen LogP contribution in [0, 0.1) is 6.92 Å². The van der Waals surface area contributed by atoms with Crippen molar-refractivity contribution in [3.05, 3.63) is 11.4 Å². The van der Waals surface area contributed by atoms with Crippen LogP contribution in [0.2, 0.25) is 0 Å². The molecule has 5 heteroatoms. The molecule has 20 heavy (non-hydrogen) atoms. The number of aryl methyl sites for hydroxylation is 1. The number of likely N-dealkylation sites (N-methyl/N-ethyl adjacent to an activating group) is 2. The van der Waals surface area contributed by atoms with Gasteiger partial charge in [0.05, 0.1) is 0 Å². The summed E-state index contributed by atoms with van der Waals surface area (Å²) in [5.41, 5.74) is 7.04. The summed E-state index contributed by atoms with van der Waals surface area (Å²) in [6.45, 7) is 10.4. The van der Waals surface area contributed by atoms with Crippen LogP contribution < -0.4 is 10.6 Å². The highest BCUT2D eigenvalue weighted by atomic mass is 15.2. The molecule has 0 aliphatic rings. The normalized spacial score (nSPS) is 12.8. The van der Waals surface area contributed by atoms with Gasteiger partial charge in [0, 0.05) is 31.1 Å². The van der Waals surface area contributed by atoms with Crippen LogP contribution in [0.3, 0.4) is 0 Å². The molecular weight excluding hydrogens is 250 g/mol. The topological polar surface area (TPSA) is 58.3 Å². The van der Waals surface area contributed by atoms with E-state index < -0.39 is 0 Å². The second kappa shape index (κ2) is 7.43. The lowest BCUT2D eigenvalue weighted by Gasteiger charge is -2.32. The summed E-state index contributed by atoms with van der Waals surface area (Å²) in [4.78, 5) is 13.6. The summed E-state index contributed by atoms with van der Waals surface area (Å²) in [5.74, 6) is 2.44. The average molecular weight is 279 g/mol. The summed E-state index contributed by atoms with van der Waals surface area (Å²) in [5, 5.41) is 0. The molecule has 0 fully saturated rings. The first-order valence-corrected chi connectivity index (χ1v) is 7.45. The molecule has 1 atom stereocenters. The van der Waals surface area contributed by atoms with Crippen molar-refractivity contribution in [2.45, 2.75) is 46.6 Å². The lowest BCUT2D eigenvalue weighted by molar-refractivity contribution is 0.372. The maximum Gasteiger partial charge on any atom is 0.137 e. The number of aromatic nitrogens is 2. The molecule has 1 rings (SSSR count). The predicted molar refractivity (Wildman–Crippen MR) is 86.2 cm³/mol. The molecule has 1 unspecified atom stereocenters. The SMILES string of the molecule is CCCc1nc(N)c(C)c(N(CC)C(C)CN(C)C)n1. The van der Waals surface area contributed by atoms with Crippen LogP contribution in [0.15, 0.2) is 0 Å². The third kappa shape index (κ3) is 4.07. The molecule has 1 heterocycles. The molecule has 5 nitrogen and oxygen atoms in total. The molecule has 0 bridgehead atoms. The summed E-state index contributed by atoms with van der Waals surface area (Å²) in [7, 11) is 4.18. The average Bonchev–Trinajstić information content (AvgIpc) is 2.35. The Hall–Kier alpha value is -1.36. The van der Waals surface area contributed by atoms with E-state index >= 15 is 0 Å². The van der Waals surface area contributed by atoms with Crippen LogP contribution >= 0.6 is 0 Å². The third-order valence-electron chi connectivity index (χ3n) is 3.45. The highest BCUT2D eigenvalue weighted by molar-refractivity contribution is 5.57. The second-order valence-corrected chi connectivity index (χ2v) is 5.62. The molecule has 0 aliphatic carbocycles. The first-order chi connectivity index (χ1) is 9.40. The Bertz CT molecular complexity index is 431. The van der Waals surface area contributed by atoms with Gasteiger partial charge in [-0.2, -0.15) is 0 Å². The van der Waals surface area contributed by atoms with Crippen molar-refractivity contribution in [1.82, 2.24) is 14.9 Å². The fourth-order valence-corrected chi connectivity index (χ4v) is 2.48. The van der Waals surface area contributed by atoms with Crippen LogP contribution in [0.1, 0.15) is 38.6 Å². The fraction of sp³-hybridized carbons (Fsp3) is 0.733. The van der Waals surface area contributed by atoms with E-state index in [1.807, 2.05) is 6.92 Å². The summed E-state index contributed by atoms with van der Waals surface area (Å²) < 4.78 is 0. The standard InChI is InChI=1S/C15H29N5/c1-7-9-13-17-14(16)12(4)15(18-13)20(8-2)11(3)10-19(5)6/h11H,7-10H2,1-6H3,(H2,16,17,18). The van der Waals surface area contributed by atoms with E-state index in [-0.39, 0.29) is 0 Å². The van der Waals surface area contributed by atoms with Crippen molar-refractivity contribution in [3.8, 4) is 0 Å². The van der Waals surface area contributed by atoms with Crippen molar-refractivity contribution in [2.75, 3.05) is 37.8 Å². The molecule has 0 aromatic carbocycles. The Balaban J connectivity index is 3.13. The van der Waals surface area contributed by atoms with Gasteiger partial charge in [0.25, 0.3) is 0 Å². The molecule has 0 amide bonds. The van der Waals surface area contributed by atoms with Gasteiger partial charge < -0.3 is 15.5 Å². The Morgan fingerprint density at radius 1 is 1.20 bits per heavy atom. The van der Waals surface area contributed by atoms with Crippen LogP contribution in [-0.4, -0.2) is 48.1 Å². The largest absolute Gasteiger partial charge is 0.383 e. The molecule has 2 N–H and O–H groups in total. The highest BCUT2D eigenvalue weighted by Crippen LogP contribution is 2.23. The highest BCUT2D eigenvalue weighted by Gasteiger charge is 2.19. The van der Waals surface area contributed by atoms with Crippen molar-refractivity contribution >= 4 is 11.6 Å². The summed E-state index contributed by atoms with van der Waals surface area (Å²) in [6, 6.07) is 0.387. The van der Waals surface area contributed by atoms with E-state index in [9.17, 15) is 0 Å². The van der Waals surface area contributed by atoms with Gasteiger partial charge in [0.2, 0.25) is 0 Å². The van der Waals surface area contributed by atoms with Gasteiger partial charge in [-0.3, -0.25) is 0 Å². The number of nitrogens with zero attached hydrogens (tertiary/aromatic N) is 4. The molecule has 0 spiro atoms. The van der Waals surface area contributed by atoms with Crippen LogP contribution in [-0.2, 0) is 6.42 Å². The minimum atomic E-state index is 0.387. The van der Waals surface area contributed by atoms with Crippen LogP contribution in [0.25, 0.3) is 0 Å². The minimum Gasteiger partial charge on any atom is -0.383 e. The van der Waals surface area contributed by atoms with Crippen LogP contribution in [0.5, 0.6) is 0 Å². The lowest BCUT2D eigenvalue weighted by atomic mass is 10.2. The van der Waals surface area contributed by atoms with E-state index in [4.69, 9.17) is 10.7 Å². The quantitative estimate of drug-likeness (QED) is 0.828. The number of anilines is 2. The Morgan fingerprint density at radius 2 is 1.85 bits per heavy atom. The van der Waals surface area contributed by atoms with Gasteiger partial charge in [0.1, 0.15) is 17.5 Å². The number of rotatable bonds is 7. The van der Waals surface area contributed by atoms with E-state index in [0.717, 1.165) is 43.1 Å². The molecule has 0 saturated carbocycles. The maximum atomic E-state index is 6.06. The van der Waals surface area contributed by atoms with Gasteiger partial charge in [-0.05, 0) is 41.3 Å². The monoisotopic (exact) mass is 279 g/mol. The third-order valence-corrected chi connectivity index (χ3v) is 3.45. The minimum absolute atomic E-state index is 0.387. The zero-order chi connectivity index (χ0) is 15.3. The number of hydrogen-bond acceptors (Lipinski definition) is 5. The first-order valence-electron chi connectivity index (χ1n) is 7.45. The number of hydrogen-bond donors (Lipinski definition) is 1. The predicted octanol–water partition coefficient (Wildman–Crippen LogP) is 2.10. The van der Waals surface area contributed by atoms with Gasteiger partial charge in [-0.1, -0.05) is 6.92 Å². The van der Waals surface area contributed by atoms with E-state index in [1.54, 1.807) is 0 Å². The Kier molecular flexibility index (Phi) is 6.20. The Morgan fingerprint density at radius 3 is 2.35 bits per heavy atom. The molecular formula is C15H29N5. The summed E-state index contributed by atoms with van der Waals surface area (Å²) >= 11 is 0. The Labute approximate surface area is 123 Å². The second-order valence-electron chi connectivity index (χ2n) is 5.62. The number of nitrogens with two attached hydrogens (primary N) is 1. The molecule has 1 aromatic heterocycles. The smallest absolute Gasteiger partial charge is 0.137 e. The maximum absolute atomic E-state index is 6.06. The van der Waals surface area contributed by atoms with Gasteiger partial charge >= 0.3 is 0 Å². The zero-order valence-electron chi connectivity index (χ0n) is 13.8. The van der Waals surface area contributed by atoms with Gasteiger partial charge in [0.15, 0.2) is 0 Å². The van der Waals surface area contributed by atoms with Crippen molar-refractivity contribution in [1.29, 1.82) is 0 Å².